The normalized spacial score (nSPS) is 10.3. The van der Waals surface area contributed by atoms with Crippen LogP contribution in [0, 0.1) is 0 Å². The van der Waals surface area contributed by atoms with E-state index in [9.17, 15) is 9.59 Å². The van der Waals surface area contributed by atoms with Gasteiger partial charge in [-0.25, -0.2) is 4.79 Å². The average molecular weight is 392 g/mol. The number of halogens is 1. The fourth-order valence-corrected chi connectivity index (χ4v) is 2.56. The van der Waals surface area contributed by atoms with Gasteiger partial charge in [-0.2, -0.15) is 0 Å². The van der Waals surface area contributed by atoms with E-state index >= 15 is 0 Å². The fraction of sp³-hybridized carbons (Fsp3) is 0.263. The predicted molar refractivity (Wildman–Crippen MR) is 106 cm³/mol. The molecule has 2 rings (SSSR count). The monoisotopic (exact) mass is 391 g/mol. The van der Waals surface area contributed by atoms with E-state index in [2.05, 4.69) is 16.0 Å². The highest BCUT2D eigenvalue weighted by atomic mass is 35.5. The molecule has 0 unspecified atom stereocenters. The number of nitrogens with one attached hydrogen (secondary N) is 3. The number of amides is 3. The molecule has 0 aromatic heterocycles. The second-order valence-electron chi connectivity index (χ2n) is 5.98. The molecule has 3 amide bonds. The molecule has 0 radical (unpaired) electrons. The minimum atomic E-state index is -0.373. The van der Waals surface area contributed by atoms with Crippen molar-refractivity contribution in [3.8, 4) is 11.5 Å². The van der Waals surface area contributed by atoms with Gasteiger partial charge in [-0.05, 0) is 38.1 Å². The Kier molecular flexibility index (Phi) is 6.90. The molecule has 0 fully saturated rings. The lowest BCUT2D eigenvalue weighted by Gasteiger charge is -2.14. The first kappa shape index (κ1) is 20.4. The Labute approximate surface area is 163 Å². The summed E-state index contributed by atoms with van der Waals surface area (Å²) in [5.74, 6) is 0.478. The first-order valence-corrected chi connectivity index (χ1v) is 8.62. The van der Waals surface area contributed by atoms with Gasteiger partial charge in [0.05, 0.1) is 24.9 Å². The van der Waals surface area contributed by atoms with E-state index in [0.717, 1.165) is 0 Å². The van der Waals surface area contributed by atoms with Crippen LogP contribution in [0.25, 0.3) is 0 Å². The van der Waals surface area contributed by atoms with Crippen molar-refractivity contribution in [1.29, 1.82) is 0 Å². The zero-order valence-corrected chi connectivity index (χ0v) is 16.3. The van der Waals surface area contributed by atoms with Gasteiger partial charge in [-0.3, -0.25) is 4.79 Å². The highest BCUT2D eigenvalue weighted by Gasteiger charge is 2.14. The second-order valence-corrected chi connectivity index (χ2v) is 6.38. The summed E-state index contributed by atoms with van der Waals surface area (Å²) >= 11 is 6.13. The van der Waals surface area contributed by atoms with Crippen LogP contribution in [0.3, 0.4) is 0 Å². The number of urea groups is 1. The summed E-state index contributed by atoms with van der Waals surface area (Å²) in [5, 5.41) is 8.50. The highest BCUT2D eigenvalue weighted by Crippen LogP contribution is 2.36. The van der Waals surface area contributed by atoms with Gasteiger partial charge in [0.15, 0.2) is 0 Å². The maximum Gasteiger partial charge on any atom is 0.319 e. The Morgan fingerprint density at radius 3 is 2.33 bits per heavy atom. The smallest absolute Gasteiger partial charge is 0.319 e. The van der Waals surface area contributed by atoms with Crippen molar-refractivity contribution in [3.63, 3.8) is 0 Å². The van der Waals surface area contributed by atoms with E-state index in [1.165, 1.54) is 14.2 Å². The third kappa shape index (κ3) is 5.52. The van der Waals surface area contributed by atoms with E-state index in [1.54, 1.807) is 36.4 Å². The van der Waals surface area contributed by atoms with E-state index < -0.39 is 0 Å². The lowest BCUT2D eigenvalue weighted by Crippen LogP contribution is -2.34. The number of carbonyl (C=O) groups excluding carboxylic acids is 2. The summed E-state index contributed by atoms with van der Waals surface area (Å²) in [7, 11) is 2.98. The molecule has 0 aliphatic carbocycles. The van der Waals surface area contributed by atoms with Crippen molar-refractivity contribution in [1.82, 2.24) is 5.32 Å². The number of methoxy groups -OCH3 is 2. The Bertz CT molecular complexity index is 840. The van der Waals surface area contributed by atoms with Gasteiger partial charge in [0.25, 0.3) is 5.91 Å². The Morgan fingerprint density at radius 1 is 1.00 bits per heavy atom. The van der Waals surface area contributed by atoms with Crippen LogP contribution in [0.4, 0.5) is 16.2 Å². The molecule has 2 aromatic rings. The number of hydrogen-bond acceptors (Lipinski definition) is 4. The summed E-state index contributed by atoms with van der Waals surface area (Å²) in [6, 6.07) is 9.39. The molecule has 0 saturated carbocycles. The van der Waals surface area contributed by atoms with Gasteiger partial charge in [0, 0.05) is 23.4 Å². The largest absolute Gasteiger partial charge is 0.495 e. The Balaban J connectivity index is 2.18. The lowest BCUT2D eigenvalue weighted by molar-refractivity contribution is 0.102. The zero-order chi connectivity index (χ0) is 20.0. The molecule has 0 aliphatic rings. The van der Waals surface area contributed by atoms with E-state index in [4.69, 9.17) is 21.1 Å². The standard InChI is InChI=1S/C19H22ClN3O4/c1-11(2)21-19(25)22-13-7-5-6-12(8-13)18(24)23-15-9-14(20)16(26-3)10-17(15)27-4/h5-11H,1-4H3,(H,23,24)(H2,21,22,25). The van der Waals surface area contributed by atoms with Crippen LogP contribution < -0.4 is 25.4 Å². The van der Waals surface area contributed by atoms with Gasteiger partial charge < -0.3 is 25.4 Å². The molecule has 3 N–H and O–H groups in total. The Hall–Kier alpha value is -2.93. The molecule has 0 atom stereocenters. The minimum Gasteiger partial charge on any atom is -0.495 e. The predicted octanol–water partition coefficient (Wildman–Crippen LogP) is 4.14. The minimum absolute atomic E-state index is 0.00349. The van der Waals surface area contributed by atoms with Crippen molar-refractivity contribution in [2.24, 2.45) is 0 Å². The molecule has 144 valence electrons. The van der Waals surface area contributed by atoms with Crippen molar-refractivity contribution in [3.05, 3.63) is 47.0 Å². The van der Waals surface area contributed by atoms with Gasteiger partial charge >= 0.3 is 6.03 Å². The number of benzene rings is 2. The van der Waals surface area contributed by atoms with Crippen LogP contribution in [0.15, 0.2) is 36.4 Å². The van der Waals surface area contributed by atoms with Crippen molar-refractivity contribution >= 4 is 34.9 Å². The van der Waals surface area contributed by atoms with Gasteiger partial charge in [-0.1, -0.05) is 17.7 Å². The van der Waals surface area contributed by atoms with Gasteiger partial charge in [-0.15, -0.1) is 0 Å². The third-order valence-corrected chi connectivity index (χ3v) is 3.82. The number of ether oxygens (including phenoxy) is 2. The Morgan fingerprint density at radius 2 is 1.70 bits per heavy atom. The summed E-state index contributed by atoms with van der Waals surface area (Å²) < 4.78 is 10.4. The molecule has 2 aromatic carbocycles. The molecule has 0 saturated heterocycles. The molecule has 27 heavy (non-hydrogen) atoms. The van der Waals surface area contributed by atoms with Gasteiger partial charge in [0.1, 0.15) is 11.5 Å². The molecule has 0 bridgehead atoms. The number of rotatable bonds is 6. The molecule has 0 heterocycles. The van der Waals surface area contributed by atoms with E-state index in [1.807, 2.05) is 13.8 Å². The van der Waals surface area contributed by atoms with Crippen LogP contribution in [-0.4, -0.2) is 32.2 Å². The molecule has 7 nitrogen and oxygen atoms in total. The van der Waals surface area contributed by atoms with Crippen LogP contribution in [-0.2, 0) is 0 Å². The first-order chi connectivity index (χ1) is 12.8. The van der Waals surface area contributed by atoms with E-state index in [-0.39, 0.29) is 18.0 Å². The van der Waals surface area contributed by atoms with Crippen LogP contribution in [0.1, 0.15) is 24.2 Å². The highest BCUT2D eigenvalue weighted by molar-refractivity contribution is 6.32. The SMILES string of the molecule is COc1cc(OC)c(NC(=O)c2cccc(NC(=O)NC(C)C)c2)cc1Cl. The summed E-state index contributed by atoms with van der Waals surface area (Å²) in [6.07, 6.45) is 0. The quantitative estimate of drug-likeness (QED) is 0.690. The van der Waals surface area contributed by atoms with Crippen LogP contribution >= 0.6 is 11.6 Å². The number of carbonyl (C=O) groups is 2. The van der Waals surface area contributed by atoms with Gasteiger partial charge in [0.2, 0.25) is 0 Å². The average Bonchev–Trinajstić information content (AvgIpc) is 2.61. The first-order valence-electron chi connectivity index (χ1n) is 8.24. The van der Waals surface area contributed by atoms with Crippen molar-refractivity contribution < 1.29 is 19.1 Å². The van der Waals surface area contributed by atoms with E-state index in [0.29, 0.717) is 33.5 Å². The molecular formula is C19H22ClN3O4. The number of hydrogen-bond donors (Lipinski definition) is 3. The zero-order valence-electron chi connectivity index (χ0n) is 15.6. The maximum absolute atomic E-state index is 12.6. The fourth-order valence-electron chi connectivity index (χ4n) is 2.32. The van der Waals surface area contributed by atoms with Crippen LogP contribution in [0.5, 0.6) is 11.5 Å². The van der Waals surface area contributed by atoms with Crippen molar-refractivity contribution in [2.75, 3.05) is 24.9 Å². The number of anilines is 2. The summed E-state index contributed by atoms with van der Waals surface area (Å²) in [5.41, 5.74) is 1.27. The molecule has 0 spiro atoms. The van der Waals surface area contributed by atoms with Crippen molar-refractivity contribution in [2.45, 2.75) is 19.9 Å². The summed E-state index contributed by atoms with van der Waals surface area (Å²) in [4.78, 5) is 24.4. The third-order valence-electron chi connectivity index (χ3n) is 3.52. The molecule has 8 heteroatoms. The molecule has 0 aliphatic heterocycles. The topological polar surface area (TPSA) is 88.7 Å². The summed E-state index contributed by atoms with van der Waals surface area (Å²) in [6.45, 7) is 3.72. The maximum atomic E-state index is 12.6. The lowest BCUT2D eigenvalue weighted by atomic mass is 10.1. The second kappa shape index (κ2) is 9.14. The molecular weight excluding hydrogens is 370 g/mol. The van der Waals surface area contributed by atoms with Crippen LogP contribution in [0.2, 0.25) is 5.02 Å².